The molecule has 3 rings (SSSR count). The van der Waals surface area contributed by atoms with Crippen molar-refractivity contribution in [2.75, 3.05) is 20.2 Å². The van der Waals surface area contributed by atoms with E-state index in [0.29, 0.717) is 5.69 Å². The van der Waals surface area contributed by atoms with E-state index in [2.05, 4.69) is 10.3 Å². The fourth-order valence-corrected chi connectivity index (χ4v) is 2.51. The third-order valence-electron chi connectivity index (χ3n) is 3.59. The van der Waals surface area contributed by atoms with Crippen molar-refractivity contribution in [1.29, 1.82) is 0 Å². The van der Waals surface area contributed by atoms with Crippen LogP contribution in [0, 0.1) is 0 Å². The Hall–Kier alpha value is -1.72. The molecule has 2 heterocycles. The number of aromatic nitrogens is 1. The molecular formula is C15H19ClN2O3. The van der Waals surface area contributed by atoms with Gasteiger partial charge < -0.3 is 19.8 Å². The maximum Gasteiger partial charge on any atom is 0.354 e. The Kier molecular flexibility index (Phi) is 5.09. The van der Waals surface area contributed by atoms with Gasteiger partial charge in [0.2, 0.25) is 0 Å². The highest BCUT2D eigenvalue weighted by Gasteiger charge is 2.15. The molecule has 1 aliphatic heterocycles. The van der Waals surface area contributed by atoms with Crippen LogP contribution in [-0.2, 0) is 4.74 Å². The van der Waals surface area contributed by atoms with Crippen LogP contribution in [0.25, 0.3) is 10.9 Å². The van der Waals surface area contributed by atoms with Gasteiger partial charge in [0, 0.05) is 10.9 Å². The van der Waals surface area contributed by atoms with E-state index in [4.69, 9.17) is 9.47 Å². The average Bonchev–Trinajstić information content (AvgIpc) is 2.90. The minimum Gasteiger partial charge on any atom is -0.490 e. The van der Waals surface area contributed by atoms with E-state index < -0.39 is 0 Å². The molecule has 2 aromatic rings. The van der Waals surface area contributed by atoms with Gasteiger partial charge in [0.05, 0.1) is 7.11 Å². The summed E-state index contributed by atoms with van der Waals surface area (Å²) in [6.07, 6.45) is 2.32. The Morgan fingerprint density at radius 1 is 1.24 bits per heavy atom. The lowest BCUT2D eigenvalue weighted by Gasteiger charge is -2.23. The highest BCUT2D eigenvalue weighted by Crippen LogP contribution is 2.24. The SMILES string of the molecule is COC(=O)c1cc2cc(OC3CCNCC3)ccc2[nH]1.Cl. The quantitative estimate of drug-likeness (QED) is 0.855. The van der Waals surface area contributed by atoms with E-state index in [9.17, 15) is 4.79 Å². The fraction of sp³-hybridized carbons (Fsp3) is 0.400. The molecule has 0 aliphatic carbocycles. The van der Waals surface area contributed by atoms with Crippen molar-refractivity contribution in [1.82, 2.24) is 10.3 Å². The number of benzene rings is 1. The first-order chi connectivity index (χ1) is 9.76. The molecule has 1 saturated heterocycles. The minimum absolute atomic E-state index is 0. The van der Waals surface area contributed by atoms with Crippen LogP contribution in [0.4, 0.5) is 0 Å². The van der Waals surface area contributed by atoms with Crippen LogP contribution in [0.1, 0.15) is 23.3 Å². The Balaban J connectivity index is 0.00000161. The summed E-state index contributed by atoms with van der Waals surface area (Å²) in [5, 5.41) is 4.27. The van der Waals surface area contributed by atoms with E-state index in [-0.39, 0.29) is 24.5 Å². The predicted molar refractivity (Wildman–Crippen MR) is 83.4 cm³/mol. The summed E-state index contributed by atoms with van der Waals surface area (Å²) in [6, 6.07) is 7.61. The number of H-pyrrole nitrogens is 1. The molecule has 0 bridgehead atoms. The number of fused-ring (bicyclic) bond motifs is 1. The van der Waals surface area contributed by atoms with Crippen LogP contribution >= 0.6 is 12.4 Å². The Labute approximate surface area is 129 Å². The lowest BCUT2D eigenvalue weighted by molar-refractivity contribution is 0.0595. The Morgan fingerprint density at radius 2 is 2.00 bits per heavy atom. The zero-order valence-electron chi connectivity index (χ0n) is 11.8. The fourth-order valence-electron chi connectivity index (χ4n) is 2.51. The van der Waals surface area contributed by atoms with Crippen LogP contribution < -0.4 is 10.1 Å². The molecule has 2 N–H and O–H groups in total. The maximum atomic E-state index is 11.5. The maximum absolute atomic E-state index is 11.5. The van der Waals surface area contributed by atoms with Gasteiger partial charge in [-0.3, -0.25) is 0 Å². The first-order valence-corrected chi connectivity index (χ1v) is 6.85. The summed E-state index contributed by atoms with van der Waals surface area (Å²) in [4.78, 5) is 14.5. The van der Waals surface area contributed by atoms with Crippen LogP contribution in [0.3, 0.4) is 0 Å². The van der Waals surface area contributed by atoms with Gasteiger partial charge in [-0.2, -0.15) is 0 Å². The number of aromatic amines is 1. The van der Waals surface area contributed by atoms with Gasteiger partial charge in [-0.1, -0.05) is 0 Å². The number of esters is 1. The molecule has 0 saturated carbocycles. The minimum atomic E-state index is -0.359. The van der Waals surface area contributed by atoms with Gasteiger partial charge in [-0.05, 0) is 50.2 Å². The Bertz CT molecular complexity index is 620. The predicted octanol–water partition coefficient (Wildman–Crippen LogP) is 2.51. The van der Waals surface area contributed by atoms with Gasteiger partial charge in [0.1, 0.15) is 17.5 Å². The number of halogens is 1. The van der Waals surface area contributed by atoms with Gasteiger partial charge in [0.25, 0.3) is 0 Å². The molecule has 1 aromatic heterocycles. The second-order valence-corrected chi connectivity index (χ2v) is 4.99. The zero-order chi connectivity index (χ0) is 13.9. The molecule has 6 heteroatoms. The van der Waals surface area contributed by atoms with E-state index in [1.54, 1.807) is 6.07 Å². The summed E-state index contributed by atoms with van der Waals surface area (Å²) in [5.41, 5.74) is 1.37. The number of carbonyl (C=O) groups excluding carboxylic acids is 1. The number of ether oxygens (including phenoxy) is 2. The largest absolute Gasteiger partial charge is 0.490 e. The molecule has 0 unspecified atom stereocenters. The summed E-state index contributed by atoms with van der Waals surface area (Å²) >= 11 is 0. The van der Waals surface area contributed by atoms with Crippen LogP contribution in [-0.4, -0.2) is 37.3 Å². The second kappa shape index (κ2) is 6.83. The van der Waals surface area contributed by atoms with Crippen molar-refractivity contribution in [2.45, 2.75) is 18.9 Å². The van der Waals surface area contributed by atoms with Crippen LogP contribution in [0.2, 0.25) is 0 Å². The van der Waals surface area contributed by atoms with E-state index in [1.165, 1.54) is 7.11 Å². The number of hydrogen-bond acceptors (Lipinski definition) is 4. The normalized spacial score (nSPS) is 15.5. The zero-order valence-corrected chi connectivity index (χ0v) is 12.7. The van der Waals surface area contributed by atoms with Crippen LogP contribution in [0.5, 0.6) is 5.75 Å². The number of carbonyl (C=O) groups is 1. The van der Waals surface area contributed by atoms with E-state index in [1.807, 2.05) is 18.2 Å². The number of piperidine rings is 1. The van der Waals surface area contributed by atoms with Gasteiger partial charge in [-0.15, -0.1) is 12.4 Å². The molecule has 0 radical (unpaired) electrons. The van der Waals surface area contributed by atoms with Crippen molar-refractivity contribution < 1.29 is 14.3 Å². The molecule has 0 atom stereocenters. The smallest absolute Gasteiger partial charge is 0.354 e. The van der Waals surface area contributed by atoms with Crippen LogP contribution in [0.15, 0.2) is 24.3 Å². The standard InChI is InChI=1S/C15H18N2O3.ClH/c1-19-15(18)14-9-10-8-12(2-3-13(10)17-14)20-11-4-6-16-7-5-11;/h2-3,8-9,11,16-17H,4-7H2,1H3;1H. The van der Waals surface area contributed by atoms with E-state index in [0.717, 1.165) is 42.6 Å². The molecule has 0 spiro atoms. The first kappa shape index (κ1) is 15.7. The molecule has 1 fully saturated rings. The molecule has 0 amide bonds. The first-order valence-electron chi connectivity index (χ1n) is 6.85. The number of nitrogens with one attached hydrogen (secondary N) is 2. The van der Waals surface area contributed by atoms with E-state index >= 15 is 0 Å². The van der Waals surface area contributed by atoms with Crippen molar-refractivity contribution in [3.8, 4) is 5.75 Å². The van der Waals surface area contributed by atoms with Gasteiger partial charge in [0.15, 0.2) is 0 Å². The molecule has 1 aliphatic rings. The van der Waals surface area contributed by atoms with Gasteiger partial charge in [-0.25, -0.2) is 4.79 Å². The summed E-state index contributed by atoms with van der Waals surface area (Å²) in [5.74, 6) is 0.488. The lowest BCUT2D eigenvalue weighted by atomic mass is 10.1. The van der Waals surface area contributed by atoms with Gasteiger partial charge >= 0.3 is 5.97 Å². The number of rotatable bonds is 3. The third-order valence-corrected chi connectivity index (χ3v) is 3.59. The third kappa shape index (κ3) is 3.49. The number of methoxy groups -OCH3 is 1. The second-order valence-electron chi connectivity index (χ2n) is 4.99. The molecule has 114 valence electrons. The topological polar surface area (TPSA) is 63.4 Å². The lowest BCUT2D eigenvalue weighted by Crippen LogP contribution is -2.34. The summed E-state index contributed by atoms with van der Waals surface area (Å²) in [6.45, 7) is 2.01. The molecule has 1 aromatic carbocycles. The van der Waals surface area contributed by atoms with Crippen molar-refractivity contribution in [3.63, 3.8) is 0 Å². The summed E-state index contributed by atoms with van der Waals surface area (Å²) < 4.78 is 10.7. The monoisotopic (exact) mass is 310 g/mol. The average molecular weight is 311 g/mol. The molecular weight excluding hydrogens is 292 g/mol. The Morgan fingerprint density at radius 3 is 2.71 bits per heavy atom. The number of hydrogen-bond donors (Lipinski definition) is 2. The van der Waals surface area contributed by atoms with Crippen molar-refractivity contribution >= 4 is 29.3 Å². The molecule has 5 nitrogen and oxygen atoms in total. The van der Waals surface area contributed by atoms with Crippen molar-refractivity contribution in [3.05, 3.63) is 30.0 Å². The highest BCUT2D eigenvalue weighted by molar-refractivity contribution is 5.95. The summed E-state index contributed by atoms with van der Waals surface area (Å²) in [7, 11) is 1.37. The highest BCUT2D eigenvalue weighted by atomic mass is 35.5. The molecule has 21 heavy (non-hydrogen) atoms. The van der Waals surface area contributed by atoms with Crippen molar-refractivity contribution in [2.24, 2.45) is 0 Å².